The van der Waals surface area contributed by atoms with Gasteiger partial charge in [-0.25, -0.2) is 0 Å². The summed E-state index contributed by atoms with van der Waals surface area (Å²) in [5.41, 5.74) is 6.79. The number of ether oxygens (including phenoxy) is 2. The quantitative estimate of drug-likeness (QED) is 0.796. The maximum absolute atomic E-state index is 5.85. The highest BCUT2D eigenvalue weighted by Gasteiger charge is 2.08. The first-order valence-corrected chi connectivity index (χ1v) is 7.11. The molecule has 0 saturated heterocycles. The van der Waals surface area contributed by atoms with Crippen LogP contribution in [0.3, 0.4) is 0 Å². The fourth-order valence-corrected chi connectivity index (χ4v) is 1.62. The van der Waals surface area contributed by atoms with Crippen molar-refractivity contribution in [3.63, 3.8) is 0 Å². The minimum Gasteiger partial charge on any atom is -0.489 e. The molecule has 0 saturated carbocycles. The molecule has 116 valence electrons. The molecule has 0 fully saturated rings. The summed E-state index contributed by atoms with van der Waals surface area (Å²) >= 11 is 0. The largest absolute Gasteiger partial charge is 0.489 e. The summed E-state index contributed by atoms with van der Waals surface area (Å²) in [7, 11) is 0. The predicted octanol–water partition coefficient (Wildman–Crippen LogP) is 3.68. The third kappa shape index (κ3) is 7.01. The molecule has 4 heteroatoms. The molecule has 0 heterocycles. The Hall–Kier alpha value is -0.930. The Kier molecular flexibility index (Phi) is 9.43. The average Bonchev–Trinajstić information content (AvgIpc) is 2.35. The van der Waals surface area contributed by atoms with Gasteiger partial charge in [-0.15, -0.1) is 12.4 Å². The zero-order chi connectivity index (χ0) is 14.3. The van der Waals surface area contributed by atoms with Crippen LogP contribution in [0, 0.1) is 11.8 Å². The van der Waals surface area contributed by atoms with Gasteiger partial charge in [-0.2, -0.15) is 0 Å². The van der Waals surface area contributed by atoms with E-state index in [1.165, 1.54) is 5.56 Å². The van der Waals surface area contributed by atoms with Gasteiger partial charge in [0.1, 0.15) is 0 Å². The summed E-state index contributed by atoms with van der Waals surface area (Å²) in [6, 6.07) is 6.10. The van der Waals surface area contributed by atoms with Crippen molar-refractivity contribution in [1.29, 1.82) is 0 Å². The van der Waals surface area contributed by atoms with E-state index in [1.54, 1.807) is 0 Å². The lowest BCUT2D eigenvalue weighted by molar-refractivity contribution is 0.229. The van der Waals surface area contributed by atoms with Gasteiger partial charge in [0.25, 0.3) is 0 Å². The van der Waals surface area contributed by atoms with E-state index in [-0.39, 0.29) is 12.4 Å². The van der Waals surface area contributed by atoms with E-state index in [9.17, 15) is 0 Å². The van der Waals surface area contributed by atoms with Crippen molar-refractivity contribution < 1.29 is 9.47 Å². The lowest BCUT2D eigenvalue weighted by Gasteiger charge is -2.16. The SMILES string of the molecule is CC(C)COc1ccc(CCN)cc1OCC(C)C.Cl. The number of rotatable bonds is 8. The van der Waals surface area contributed by atoms with Crippen LogP contribution in [0.25, 0.3) is 0 Å². The standard InChI is InChI=1S/C16H27NO2.ClH/c1-12(2)10-18-15-6-5-14(7-8-17)9-16(15)19-11-13(3)4;/h5-6,9,12-13H,7-8,10-11,17H2,1-4H3;1H. The molecule has 1 aromatic rings. The highest BCUT2D eigenvalue weighted by Crippen LogP contribution is 2.29. The molecule has 0 unspecified atom stereocenters. The maximum Gasteiger partial charge on any atom is 0.161 e. The van der Waals surface area contributed by atoms with Crippen LogP contribution in [0.1, 0.15) is 33.3 Å². The first-order valence-electron chi connectivity index (χ1n) is 7.11. The van der Waals surface area contributed by atoms with Crippen LogP contribution in [0.15, 0.2) is 18.2 Å². The zero-order valence-electron chi connectivity index (χ0n) is 13.0. The van der Waals surface area contributed by atoms with E-state index >= 15 is 0 Å². The number of benzene rings is 1. The van der Waals surface area contributed by atoms with Crippen molar-refractivity contribution in [2.75, 3.05) is 19.8 Å². The topological polar surface area (TPSA) is 44.5 Å². The van der Waals surface area contributed by atoms with Crippen LogP contribution in [-0.2, 0) is 6.42 Å². The van der Waals surface area contributed by atoms with E-state index in [4.69, 9.17) is 15.2 Å². The minimum absolute atomic E-state index is 0. The molecule has 1 rings (SSSR count). The lowest BCUT2D eigenvalue weighted by atomic mass is 10.1. The third-order valence-electron chi connectivity index (χ3n) is 2.59. The van der Waals surface area contributed by atoms with Crippen LogP contribution >= 0.6 is 12.4 Å². The average molecular weight is 302 g/mol. The molecule has 0 bridgehead atoms. The molecule has 1 aromatic carbocycles. The Bertz CT molecular complexity index is 381. The molecule has 3 nitrogen and oxygen atoms in total. The highest BCUT2D eigenvalue weighted by atomic mass is 35.5. The second kappa shape index (κ2) is 9.89. The maximum atomic E-state index is 5.85. The molecule has 0 radical (unpaired) electrons. The van der Waals surface area contributed by atoms with Crippen molar-refractivity contribution in [3.05, 3.63) is 23.8 Å². The van der Waals surface area contributed by atoms with E-state index in [0.29, 0.717) is 31.6 Å². The first-order chi connectivity index (χ1) is 9.02. The lowest BCUT2D eigenvalue weighted by Crippen LogP contribution is -2.10. The minimum atomic E-state index is 0. The van der Waals surface area contributed by atoms with Crippen molar-refractivity contribution >= 4 is 12.4 Å². The number of halogens is 1. The molecule has 0 aliphatic carbocycles. The molecular weight excluding hydrogens is 274 g/mol. The van der Waals surface area contributed by atoms with Gasteiger partial charge >= 0.3 is 0 Å². The normalized spacial score (nSPS) is 10.6. The summed E-state index contributed by atoms with van der Waals surface area (Å²) in [6.45, 7) is 10.6. The van der Waals surface area contributed by atoms with Gasteiger partial charge in [-0.05, 0) is 42.5 Å². The fourth-order valence-electron chi connectivity index (χ4n) is 1.62. The Morgan fingerprint density at radius 3 is 2.00 bits per heavy atom. The van der Waals surface area contributed by atoms with Crippen molar-refractivity contribution in [2.45, 2.75) is 34.1 Å². The number of nitrogens with two attached hydrogens (primary N) is 1. The van der Waals surface area contributed by atoms with E-state index in [0.717, 1.165) is 17.9 Å². The van der Waals surface area contributed by atoms with Crippen LogP contribution in [-0.4, -0.2) is 19.8 Å². The van der Waals surface area contributed by atoms with Gasteiger partial charge < -0.3 is 15.2 Å². The van der Waals surface area contributed by atoms with Crippen LogP contribution < -0.4 is 15.2 Å². The van der Waals surface area contributed by atoms with Crippen LogP contribution in [0.4, 0.5) is 0 Å². The van der Waals surface area contributed by atoms with E-state index in [2.05, 4.69) is 33.8 Å². The Labute approximate surface area is 129 Å². The molecule has 0 aliphatic heterocycles. The van der Waals surface area contributed by atoms with Crippen molar-refractivity contribution in [1.82, 2.24) is 0 Å². The zero-order valence-corrected chi connectivity index (χ0v) is 13.8. The summed E-state index contributed by atoms with van der Waals surface area (Å²) < 4.78 is 11.7. The smallest absolute Gasteiger partial charge is 0.161 e. The Morgan fingerprint density at radius 2 is 1.50 bits per heavy atom. The van der Waals surface area contributed by atoms with Gasteiger partial charge in [-0.3, -0.25) is 0 Å². The molecule has 2 N–H and O–H groups in total. The molecule has 0 aliphatic rings. The molecule has 0 amide bonds. The number of hydrogen-bond donors (Lipinski definition) is 1. The summed E-state index contributed by atoms with van der Waals surface area (Å²) in [6.07, 6.45) is 0.864. The molecule has 20 heavy (non-hydrogen) atoms. The van der Waals surface area contributed by atoms with Gasteiger partial charge in [0, 0.05) is 0 Å². The van der Waals surface area contributed by atoms with Gasteiger partial charge in [0.05, 0.1) is 13.2 Å². The van der Waals surface area contributed by atoms with Crippen molar-refractivity contribution in [3.8, 4) is 11.5 Å². The molecule has 0 aromatic heterocycles. The van der Waals surface area contributed by atoms with Gasteiger partial charge in [-0.1, -0.05) is 33.8 Å². The first kappa shape index (κ1) is 19.1. The third-order valence-corrected chi connectivity index (χ3v) is 2.59. The van der Waals surface area contributed by atoms with Gasteiger partial charge in [0.2, 0.25) is 0 Å². The second-order valence-electron chi connectivity index (χ2n) is 5.73. The monoisotopic (exact) mass is 301 g/mol. The summed E-state index contributed by atoms with van der Waals surface area (Å²) in [4.78, 5) is 0. The van der Waals surface area contributed by atoms with Crippen molar-refractivity contribution in [2.24, 2.45) is 17.6 Å². The Balaban J connectivity index is 0.00000361. The fraction of sp³-hybridized carbons (Fsp3) is 0.625. The van der Waals surface area contributed by atoms with E-state index in [1.807, 2.05) is 12.1 Å². The molecule has 0 spiro atoms. The summed E-state index contributed by atoms with van der Waals surface area (Å²) in [5.74, 6) is 2.66. The number of hydrogen-bond acceptors (Lipinski definition) is 3. The van der Waals surface area contributed by atoms with Crippen LogP contribution in [0.2, 0.25) is 0 Å². The van der Waals surface area contributed by atoms with Crippen LogP contribution in [0.5, 0.6) is 11.5 Å². The molecule has 0 atom stereocenters. The predicted molar refractivity (Wildman–Crippen MR) is 87.1 cm³/mol. The summed E-state index contributed by atoms with van der Waals surface area (Å²) in [5, 5.41) is 0. The van der Waals surface area contributed by atoms with E-state index < -0.39 is 0 Å². The Morgan fingerprint density at radius 1 is 0.950 bits per heavy atom. The van der Waals surface area contributed by atoms with Gasteiger partial charge in [0.15, 0.2) is 11.5 Å². The second-order valence-corrected chi connectivity index (χ2v) is 5.73. The highest BCUT2D eigenvalue weighted by molar-refractivity contribution is 5.85. The molecular formula is C16H28ClNO2.